The first kappa shape index (κ1) is 19.7. The average Bonchev–Trinajstić information content (AvgIpc) is 3.52. The van der Waals surface area contributed by atoms with Crippen molar-refractivity contribution in [2.45, 2.75) is 13.3 Å². The van der Waals surface area contributed by atoms with E-state index < -0.39 is 6.67 Å². The summed E-state index contributed by atoms with van der Waals surface area (Å²) in [6.07, 6.45) is 3.30. The van der Waals surface area contributed by atoms with Crippen LogP contribution in [0.5, 0.6) is 0 Å². The van der Waals surface area contributed by atoms with Crippen LogP contribution in [-0.2, 0) is 13.3 Å². The minimum Gasteiger partial charge on any atom is -0.392 e. The Kier molecular flexibility index (Phi) is 5.22. The molecule has 0 atom stereocenters. The zero-order valence-corrected chi connectivity index (χ0v) is 16.8. The number of aromatic nitrogens is 6. The molecule has 0 saturated carbocycles. The highest BCUT2D eigenvalue weighted by Gasteiger charge is 2.24. The Morgan fingerprint density at radius 3 is 2.62 bits per heavy atom. The van der Waals surface area contributed by atoms with E-state index in [2.05, 4.69) is 25.4 Å². The lowest BCUT2D eigenvalue weighted by Gasteiger charge is -2.10. The van der Waals surface area contributed by atoms with Gasteiger partial charge in [-0.25, -0.2) is 9.07 Å². The fraction of sp³-hybridized carbons (Fsp3) is 0.0870. The summed E-state index contributed by atoms with van der Waals surface area (Å²) in [6.45, 7) is -0.736. The second-order valence-corrected chi connectivity index (χ2v) is 6.98. The number of benzene rings is 2. The van der Waals surface area contributed by atoms with E-state index in [9.17, 15) is 9.50 Å². The van der Waals surface area contributed by atoms with Crippen LogP contribution < -0.4 is 0 Å². The van der Waals surface area contributed by atoms with Gasteiger partial charge in [0.05, 0.1) is 12.3 Å². The van der Waals surface area contributed by atoms with Crippen LogP contribution >= 0.6 is 0 Å². The van der Waals surface area contributed by atoms with Gasteiger partial charge in [0, 0.05) is 29.1 Å². The summed E-state index contributed by atoms with van der Waals surface area (Å²) in [5.74, 6) is 0.528. The number of aliphatic hydroxyl groups excluding tert-OH is 1. The molecule has 158 valence electrons. The predicted octanol–water partition coefficient (Wildman–Crippen LogP) is 4.01. The van der Waals surface area contributed by atoms with Gasteiger partial charge in [0.25, 0.3) is 5.89 Å². The van der Waals surface area contributed by atoms with Crippen LogP contribution in [0.15, 0.2) is 77.6 Å². The summed E-state index contributed by atoms with van der Waals surface area (Å²) in [5, 5.41) is 22.0. The van der Waals surface area contributed by atoms with Gasteiger partial charge >= 0.3 is 0 Å². The van der Waals surface area contributed by atoms with E-state index in [1.54, 1.807) is 59.5 Å². The molecule has 0 saturated heterocycles. The topological polar surface area (TPSA) is 103 Å². The van der Waals surface area contributed by atoms with E-state index >= 15 is 0 Å². The van der Waals surface area contributed by atoms with E-state index in [1.807, 2.05) is 18.2 Å². The fourth-order valence-corrected chi connectivity index (χ4v) is 3.44. The molecule has 0 bridgehead atoms. The van der Waals surface area contributed by atoms with Crippen LogP contribution in [0, 0.1) is 0 Å². The molecule has 32 heavy (non-hydrogen) atoms. The summed E-state index contributed by atoms with van der Waals surface area (Å²) < 4.78 is 20.7. The number of para-hydroxylation sites is 1. The van der Waals surface area contributed by atoms with Crippen molar-refractivity contribution < 1.29 is 14.0 Å². The summed E-state index contributed by atoms with van der Waals surface area (Å²) in [7, 11) is 0. The van der Waals surface area contributed by atoms with E-state index in [0.29, 0.717) is 34.0 Å². The first-order valence-corrected chi connectivity index (χ1v) is 9.83. The van der Waals surface area contributed by atoms with Crippen molar-refractivity contribution in [3.05, 3.63) is 84.2 Å². The van der Waals surface area contributed by atoms with Gasteiger partial charge in [-0.05, 0) is 29.8 Å². The van der Waals surface area contributed by atoms with E-state index in [0.717, 1.165) is 11.1 Å². The quantitative estimate of drug-likeness (QED) is 0.436. The predicted molar refractivity (Wildman–Crippen MR) is 114 cm³/mol. The maximum atomic E-state index is 13.7. The minimum absolute atomic E-state index is 0.0902. The van der Waals surface area contributed by atoms with E-state index in [4.69, 9.17) is 4.52 Å². The molecule has 5 aromatic rings. The van der Waals surface area contributed by atoms with Gasteiger partial charge in [-0.15, -0.1) is 5.10 Å². The van der Waals surface area contributed by atoms with Crippen LogP contribution in [0.4, 0.5) is 4.39 Å². The molecule has 2 aromatic carbocycles. The summed E-state index contributed by atoms with van der Waals surface area (Å²) in [6, 6.07) is 17.9. The Balaban J connectivity index is 1.66. The lowest BCUT2D eigenvalue weighted by atomic mass is 10.1. The largest absolute Gasteiger partial charge is 0.392 e. The SMILES string of the molecule is OCc1cccc(-c2noc(-c3nnn(-c4ccccc4CF)c3-c3ccncc3)n2)c1. The highest BCUT2D eigenvalue weighted by molar-refractivity contribution is 5.76. The highest BCUT2D eigenvalue weighted by atomic mass is 19.1. The normalized spacial score (nSPS) is 11.1. The highest BCUT2D eigenvalue weighted by Crippen LogP contribution is 2.33. The fourth-order valence-electron chi connectivity index (χ4n) is 3.44. The monoisotopic (exact) mass is 428 g/mol. The van der Waals surface area contributed by atoms with Crippen molar-refractivity contribution >= 4 is 0 Å². The number of pyridine rings is 1. The van der Waals surface area contributed by atoms with Gasteiger partial charge in [-0.2, -0.15) is 4.98 Å². The molecular weight excluding hydrogens is 411 g/mol. The van der Waals surface area contributed by atoms with Gasteiger partial charge in [0.2, 0.25) is 5.82 Å². The van der Waals surface area contributed by atoms with Gasteiger partial charge in [-0.1, -0.05) is 46.8 Å². The number of hydrogen-bond donors (Lipinski definition) is 1. The van der Waals surface area contributed by atoms with Crippen molar-refractivity contribution in [2.24, 2.45) is 0 Å². The molecular formula is C23H17FN6O2. The van der Waals surface area contributed by atoms with Crippen LogP contribution in [0.1, 0.15) is 11.1 Å². The molecule has 3 aromatic heterocycles. The molecule has 0 unspecified atom stereocenters. The molecule has 0 aliphatic rings. The van der Waals surface area contributed by atoms with Crippen LogP contribution in [0.2, 0.25) is 0 Å². The second kappa shape index (κ2) is 8.48. The molecule has 1 N–H and O–H groups in total. The van der Waals surface area contributed by atoms with Gasteiger partial charge < -0.3 is 9.63 Å². The Labute approximate surface area is 182 Å². The lowest BCUT2D eigenvalue weighted by molar-refractivity contribution is 0.282. The first-order chi connectivity index (χ1) is 15.8. The average molecular weight is 428 g/mol. The Morgan fingerprint density at radius 1 is 0.969 bits per heavy atom. The van der Waals surface area contributed by atoms with Crippen LogP contribution in [0.25, 0.3) is 39.9 Å². The van der Waals surface area contributed by atoms with E-state index in [1.165, 1.54) is 0 Å². The number of nitrogens with zero attached hydrogens (tertiary/aromatic N) is 6. The third-order valence-electron chi connectivity index (χ3n) is 4.98. The molecule has 0 spiro atoms. The summed E-state index contributed by atoms with van der Waals surface area (Å²) in [5.41, 5.74) is 4.18. The van der Waals surface area contributed by atoms with Crippen molar-refractivity contribution in [1.82, 2.24) is 30.1 Å². The summed E-state index contributed by atoms with van der Waals surface area (Å²) in [4.78, 5) is 8.57. The number of halogens is 1. The molecule has 9 heteroatoms. The zero-order chi connectivity index (χ0) is 21.9. The molecule has 0 radical (unpaired) electrons. The lowest BCUT2D eigenvalue weighted by Crippen LogP contribution is -2.03. The van der Waals surface area contributed by atoms with Crippen LogP contribution in [-0.4, -0.2) is 35.2 Å². The minimum atomic E-state index is -0.646. The van der Waals surface area contributed by atoms with E-state index in [-0.39, 0.29) is 12.5 Å². The number of rotatable bonds is 6. The molecule has 5 rings (SSSR count). The van der Waals surface area contributed by atoms with Crippen molar-refractivity contribution in [3.8, 4) is 39.9 Å². The van der Waals surface area contributed by atoms with Crippen molar-refractivity contribution in [3.63, 3.8) is 0 Å². The molecule has 0 aliphatic heterocycles. The van der Waals surface area contributed by atoms with Gasteiger partial charge in [0.15, 0.2) is 5.69 Å². The Hall–Kier alpha value is -4.24. The zero-order valence-electron chi connectivity index (χ0n) is 16.8. The smallest absolute Gasteiger partial charge is 0.281 e. The second-order valence-electron chi connectivity index (χ2n) is 6.98. The van der Waals surface area contributed by atoms with Gasteiger partial charge in [0.1, 0.15) is 12.4 Å². The first-order valence-electron chi connectivity index (χ1n) is 9.83. The number of alkyl halides is 1. The van der Waals surface area contributed by atoms with Crippen molar-refractivity contribution in [2.75, 3.05) is 0 Å². The number of aliphatic hydroxyl groups is 1. The molecule has 3 heterocycles. The Morgan fingerprint density at radius 2 is 1.81 bits per heavy atom. The maximum absolute atomic E-state index is 13.7. The van der Waals surface area contributed by atoms with Gasteiger partial charge in [-0.3, -0.25) is 4.98 Å². The molecule has 8 nitrogen and oxygen atoms in total. The molecule has 0 amide bonds. The maximum Gasteiger partial charge on any atom is 0.281 e. The third kappa shape index (κ3) is 3.54. The van der Waals surface area contributed by atoms with Crippen molar-refractivity contribution in [1.29, 1.82) is 0 Å². The standard InChI is InChI=1S/C23H17FN6O2/c24-13-18-5-1-2-7-19(18)30-21(16-8-10-25-11-9-16)20(27-29-30)23-26-22(28-32-23)17-6-3-4-15(12-17)14-31/h1-12,31H,13-14H2. The third-order valence-corrected chi connectivity index (χ3v) is 4.98. The number of hydrogen-bond acceptors (Lipinski definition) is 7. The van der Waals surface area contributed by atoms with Crippen LogP contribution in [0.3, 0.4) is 0 Å². The Bertz CT molecular complexity index is 1370. The molecule has 0 aliphatic carbocycles. The molecule has 0 fully saturated rings. The summed E-state index contributed by atoms with van der Waals surface area (Å²) >= 11 is 0.